The fourth-order valence-corrected chi connectivity index (χ4v) is 3.64. The summed E-state index contributed by atoms with van der Waals surface area (Å²) in [5, 5.41) is 9.29. The normalized spacial score (nSPS) is 11.2. The van der Waals surface area contributed by atoms with Crippen molar-refractivity contribution in [3.05, 3.63) is 70.5 Å². The van der Waals surface area contributed by atoms with Crippen LogP contribution in [0.15, 0.2) is 42.0 Å². The van der Waals surface area contributed by atoms with Crippen LogP contribution in [-0.2, 0) is 6.54 Å². The lowest BCUT2D eigenvalue weighted by atomic mass is 10.2. The van der Waals surface area contributed by atoms with E-state index in [-0.39, 0.29) is 11.7 Å². The molecule has 0 aliphatic rings. The molecule has 0 unspecified atom stereocenters. The Morgan fingerprint density at radius 2 is 2.04 bits per heavy atom. The molecule has 26 heavy (non-hydrogen) atoms. The number of fused-ring (bicyclic) bond motifs is 1. The number of aryl methyl sites for hydroxylation is 1. The van der Waals surface area contributed by atoms with E-state index in [9.17, 15) is 9.18 Å². The van der Waals surface area contributed by atoms with Crippen molar-refractivity contribution in [2.45, 2.75) is 20.4 Å². The van der Waals surface area contributed by atoms with Gasteiger partial charge in [0.2, 0.25) is 0 Å². The summed E-state index contributed by atoms with van der Waals surface area (Å²) in [5.41, 5.74) is 3.36. The number of nitrogens with zero attached hydrogens (tertiary/aromatic N) is 4. The highest BCUT2D eigenvalue weighted by Crippen LogP contribution is 2.18. The van der Waals surface area contributed by atoms with Gasteiger partial charge in [-0.1, -0.05) is 0 Å². The van der Waals surface area contributed by atoms with Crippen LogP contribution in [0.25, 0.3) is 10.6 Å². The number of amides is 1. The smallest absolute Gasteiger partial charge is 0.255 e. The lowest BCUT2D eigenvalue weighted by Gasteiger charge is -2.06. The van der Waals surface area contributed by atoms with Gasteiger partial charge >= 0.3 is 0 Å². The van der Waals surface area contributed by atoms with Crippen molar-refractivity contribution in [3.63, 3.8) is 0 Å². The lowest BCUT2D eigenvalue weighted by molar-refractivity contribution is 0.0949. The van der Waals surface area contributed by atoms with Crippen LogP contribution in [0.4, 0.5) is 4.39 Å². The zero-order valence-electron chi connectivity index (χ0n) is 14.2. The third-order valence-corrected chi connectivity index (χ3v) is 4.93. The first-order valence-electron chi connectivity index (χ1n) is 8.04. The van der Waals surface area contributed by atoms with Gasteiger partial charge in [-0.05, 0) is 38.1 Å². The molecule has 0 saturated heterocycles. The molecule has 0 fully saturated rings. The molecular formula is C18H16FN5OS. The van der Waals surface area contributed by atoms with Gasteiger partial charge in [0.25, 0.3) is 5.91 Å². The molecule has 0 aliphatic heterocycles. The van der Waals surface area contributed by atoms with Crippen LogP contribution in [0.2, 0.25) is 0 Å². The zero-order valence-corrected chi connectivity index (χ0v) is 15.0. The highest BCUT2D eigenvalue weighted by molar-refractivity contribution is 7.15. The van der Waals surface area contributed by atoms with Gasteiger partial charge in [-0.3, -0.25) is 9.20 Å². The first-order chi connectivity index (χ1) is 12.5. The second-order valence-electron chi connectivity index (χ2n) is 5.94. The standard InChI is InChI=1S/C18H16FN5OS/c1-11-16(12(2)24(22-11)15-5-3-13(19)4-6-15)17(25)20-9-14-10-23-7-8-26-18(23)21-14/h3-8,10H,9H2,1-2H3,(H,20,25). The number of rotatable bonds is 4. The Morgan fingerprint density at radius 3 is 2.77 bits per heavy atom. The van der Waals surface area contributed by atoms with E-state index in [1.54, 1.807) is 35.1 Å². The maximum absolute atomic E-state index is 13.1. The van der Waals surface area contributed by atoms with Gasteiger partial charge in [-0.15, -0.1) is 11.3 Å². The molecule has 0 spiro atoms. The highest BCUT2D eigenvalue weighted by Gasteiger charge is 2.19. The number of benzene rings is 1. The number of imidazole rings is 1. The van der Waals surface area contributed by atoms with Crippen LogP contribution in [0.5, 0.6) is 0 Å². The van der Waals surface area contributed by atoms with Crippen molar-refractivity contribution in [2.24, 2.45) is 0 Å². The second kappa shape index (κ2) is 6.38. The maximum atomic E-state index is 13.1. The molecule has 8 heteroatoms. The Kier molecular flexibility index (Phi) is 4.04. The summed E-state index contributed by atoms with van der Waals surface area (Å²) in [5.74, 6) is -0.516. The van der Waals surface area contributed by atoms with Gasteiger partial charge < -0.3 is 5.32 Å². The Morgan fingerprint density at radius 1 is 1.27 bits per heavy atom. The lowest BCUT2D eigenvalue weighted by Crippen LogP contribution is -2.24. The van der Waals surface area contributed by atoms with E-state index < -0.39 is 0 Å². The summed E-state index contributed by atoms with van der Waals surface area (Å²) in [6.07, 6.45) is 3.83. The predicted molar refractivity (Wildman–Crippen MR) is 97.2 cm³/mol. The van der Waals surface area contributed by atoms with Crippen LogP contribution in [-0.4, -0.2) is 25.1 Å². The maximum Gasteiger partial charge on any atom is 0.255 e. The van der Waals surface area contributed by atoms with Gasteiger partial charge in [-0.2, -0.15) is 5.10 Å². The van der Waals surface area contributed by atoms with E-state index >= 15 is 0 Å². The Bertz CT molecular complexity index is 1060. The molecular weight excluding hydrogens is 353 g/mol. The van der Waals surface area contributed by atoms with Crippen LogP contribution < -0.4 is 5.32 Å². The van der Waals surface area contributed by atoms with Gasteiger partial charge in [0, 0.05) is 17.8 Å². The first kappa shape index (κ1) is 16.5. The minimum Gasteiger partial charge on any atom is -0.346 e. The van der Waals surface area contributed by atoms with Crippen molar-refractivity contribution in [1.29, 1.82) is 0 Å². The molecule has 0 saturated carbocycles. The fourth-order valence-electron chi connectivity index (χ4n) is 2.93. The number of carbonyl (C=O) groups excluding carboxylic acids is 1. The monoisotopic (exact) mass is 369 g/mol. The van der Waals surface area contributed by atoms with Crippen LogP contribution in [0.3, 0.4) is 0 Å². The van der Waals surface area contributed by atoms with Crippen molar-refractivity contribution in [3.8, 4) is 5.69 Å². The third kappa shape index (κ3) is 2.88. The van der Waals surface area contributed by atoms with E-state index in [1.165, 1.54) is 12.1 Å². The predicted octanol–water partition coefficient (Wildman–Crippen LogP) is 3.27. The number of halogens is 1. The average molecular weight is 369 g/mol. The summed E-state index contributed by atoms with van der Waals surface area (Å²) < 4.78 is 16.7. The van der Waals surface area contributed by atoms with E-state index in [0.717, 1.165) is 10.7 Å². The number of thiazole rings is 1. The zero-order chi connectivity index (χ0) is 18.3. The van der Waals surface area contributed by atoms with E-state index in [1.807, 2.05) is 29.1 Å². The largest absolute Gasteiger partial charge is 0.346 e. The number of aromatic nitrogens is 4. The Balaban J connectivity index is 1.55. The molecule has 4 aromatic rings. The van der Waals surface area contributed by atoms with E-state index in [4.69, 9.17) is 0 Å². The molecule has 3 heterocycles. The number of carbonyl (C=O) groups is 1. The number of hydrogen-bond acceptors (Lipinski definition) is 4. The topological polar surface area (TPSA) is 64.2 Å². The van der Waals surface area contributed by atoms with E-state index in [0.29, 0.717) is 29.2 Å². The molecule has 0 aliphatic carbocycles. The van der Waals surface area contributed by atoms with Crippen molar-refractivity contribution in [2.75, 3.05) is 0 Å². The molecule has 6 nitrogen and oxygen atoms in total. The molecule has 0 bridgehead atoms. The van der Waals surface area contributed by atoms with Crippen molar-refractivity contribution < 1.29 is 9.18 Å². The van der Waals surface area contributed by atoms with Gasteiger partial charge in [-0.25, -0.2) is 14.1 Å². The fraction of sp³-hybridized carbons (Fsp3) is 0.167. The summed E-state index contributed by atoms with van der Waals surface area (Å²) in [7, 11) is 0. The second-order valence-corrected chi connectivity index (χ2v) is 6.81. The van der Waals surface area contributed by atoms with Gasteiger partial charge in [0.15, 0.2) is 4.96 Å². The van der Waals surface area contributed by atoms with Crippen LogP contribution in [0.1, 0.15) is 27.4 Å². The van der Waals surface area contributed by atoms with Crippen molar-refractivity contribution in [1.82, 2.24) is 24.5 Å². The molecule has 1 aromatic carbocycles. The molecule has 3 aromatic heterocycles. The first-order valence-corrected chi connectivity index (χ1v) is 8.92. The summed E-state index contributed by atoms with van der Waals surface area (Å²) in [6, 6.07) is 6.01. The molecule has 1 amide bonds. The molecule has 4 rings (SSSR count). The Hall–Kier alpha value is -3.00. The van der Waals surface area contributed by atoms with Crippen LogP contribution >= 0.6 is 11.3 Å². The molecule has 1 N–H and O–H groups in total. The average Bonchev–Trinajstić information content (AvgIpc) is 3.27. The summed E-state index contributed by atoms with van der Waals surface area (Å²) in [4.78, 5) is 18.0. The van der Waals surface area contributed by atoms with Crippen LogP contribution in [0, 0.1) is 19.7 Å². The number of nitrogens with one attached hydrogen (secondary N) is 1. The van der Waals surface area contributed by atoms with Crippen molar-refractivity contribution >= 4 is 22.2 Å². The summed E-state index contributed by atoms with van der Waals surface area (Å²) >= 11 is 1.54. The molecule has 0 atom stereocenters. The highest BCUT2D eigenvalue weighted by atomic mass is 32.1. The molecule has 0 radical (unpaired) electrons. The Labute approximate surface area is 152 Å². The van der Waals surface area contributed by atoms with Gasteiger partial charge in [0.05, 0.1) is 34.9 Å². The minimum atomic E-state index is -0.312. The van der Waals surface area contributed by atoms with E-state index in [2.05, 4.69) is 15.4 Å². The summed E-state index contributed by atoms with van der Waals surface area (Å²) in [6.45, 7) is 3.95. The third-order valence-electron chi connectivity index (χ3n) is 4.16. The number of hydrogen-bond donors (Lipinski definition) is 1. The van der Waals surface area contributed by atoms with Gasteiger partial charge in [0.1, 0.15) is 5.82 Å². The quantitative estimate of drug-likeness (QED) is 0.600. The molecule has 132 valence electrons. The minimum absolute atomic E-state index is 0.204. The SMILES string of the molecule is Cc1nn(-c2ccc(F)cc2)c(C)c1C(=O)NCc1cn2ccsc2n1.